The van der Waals surface area contributed by atoms with Crippen LogP contribution in [0, 0.1) is 23.7 Å². The van der Waals surface area contributed by atoms with E-state index in [1.807, 2.05) is 0 Å². The second kappa shape index (κ2) is 7.67. The van der Waals surface area contributed by atoms with Gasteiger partial charge in [0.2, 0.25) is 0 Å². The highest BCUT2D eigenvalue weighted by molar-refractivity contribution is 4.79. The van der Waals surface area contributed by atoms with E-state index < -0.39 is 0 Å². The van der Waals surface area contributed by atoms with Gasteiger partial charge >= 0.3 is 0 Å². The quantitative estimate of drug-likeness (QED) is 0.737. The summed E-state index contributed by atoms with van der Waals surface area (Å²) in [5.74, 6) is 3.91. The van der Waals surface area contributed by atoms with Gasteiger partial charge in [-0.2, -0.15) is 0 Å². The van der Waals surface area contributed by atoms with Gasteiger partial charge in [-0.05, 0) is 62.3 Å². The summed E-state index contributed by atoms with van der Waals surface area (Å²) in [6.07, 6.45) is 13.1. The van der Waals surface area contributed by atoms with Gasteiger partial charge in [0.1, 0.15) is 0 Å². The minimum atomic E-state index is 0.831. The maximum atomic E-state index is 3.84. The van der Waals surface area contributed by atoms with E-state index in [9.17, 15) is 0 Å². The molecule has 0 unspecified atom stereocenters. The van der Waals surface area contributed by atoms with Crippen molar-refractivity contribution in [2.24, 2.45) is 23.7 Å². The molecule has 0 bridgehead atoms. The molecule has 1 nitrogen and oxygen atoms in total. The Bertz CT molecular complexity index is 232. The van der Waals surface area contributed by atoms with Crippen LogP contribution < -0.4 is 5.32 Å². The smallest absolute Gasteiger partial charge is 0.00672 e. The van der Waals surface area contributed by atoms with Crippen LogP contribution in [0.25, 0.3) is 0 Å². The highest BCUT2D eigenvalue weighted by Crippen LogP contribution is 2.31. The SMILES string of the molecule is CC1CCC(CCNC2CCC(C(C)C)CC2)CC1. The Hall–Kier alpha value is -0.0400. The summed E-state index contributed by atoms with van der Waals surface area (Å²) in [6, 6.07) is 0.831. The third-order valence-corrected chi connectivity index (χ3v) is 5.84. The van der Waals surface area contributed by atoms with E-state index in [4.69, 9.17) is 0 Å². The van der Waals surface area contributed by atoms with Crippen molar-refractivity contribution in [3.63, 3.8) is 0 Å². The Morgan fingerprint density at radius 3 is 2.11 bits per heavy atom. The van der Waals surface area contributed by atoms with Crippen molar-refractivity contribution in [1.29, 1.82) is 0 Å². The van der Waals surface area contributed by atoms with Crippen molar-refractivity contribution < 1.29 is 0 Å². The molecule has 2 aliphatic carbocycles. The lowest BCUT2D eigenvalue weighted by Crippen LogP contribution is -2.35. The number of nitrogens with one attached hydrogen (secondary N) is 1. The van der Waals surface area contributed by atoms with Crippen LogP contribution in [0.1, 0.15) is 78.6 Å². The van der Waals surface area contributed by atoms with E-state index >= 15 is 0 Å². The van der Waals surface area contributed by atoms with E-state index in [0.29, 0.717) is 0 Å². The first-order valence-corrected chi connectivity index (χ1v) is 8.88. The highest BCUT2D eigenvalue weighted by atomic mass is 14.9. The normalized spacial score (nSPS) is 36.6. The number of rotatable bonds is 5. The molecule has 1 heteroatoms. The monoisotopic (exact) mass is 265 g/mol. The van der Waals surface area contributed by atoms with Crippen LogP contribution in [0.4, 0.5) is 0 Å². The van der Waals surface area contributed by atoms with Gasteiger partial charge in [-0.15, -0.1) is 0 Å². The summed E-state index contributed by atoms with van der Waals surface area (Å²) in [5, 5.41) is 3.84. The highest BCUT2D eigenvalue weighted by Gasteiger charge is 2.23. The zero-order valence-electron chi connectivity index (χ0n) is 13.5. The largest absolute Gasteiger partial charge is 0.314 e. The second-order valence-corrected chi connectivity index (χ2v) is 7.72. The molecule has 0 radical (unpaired) electrons. The van der Waals surface area contributed by atoms with Crippen LogP contribution >= 0.6 is 0 Å². The average Bonchev–Trinajstić information content (AvgIpc) is 2.41. The van der Waals surface area contributed by atoms with Crippen molar-refractivity contribution in [1.82, 2.24) is 5.32 Å². The van der Waals surface area contributed by atoms with Gasteiger partial charge in [0.15, 0.2) is 0 Å². The van der Waals surface area contributed by atoms with Crippen LogP contribution in [-0.4, -0.2) is 12.6 Å². The molecule has 2 saturated carbocycles. The molecule has 0 heterocycles. The van der Waals surface area contributed by atoms with Gasteiger partial charge in [0.25, 0.3) is 0 Å². The first-order valence-electron chi connectivity index (χ1n) is 8.88. The molecule has 0 spiro atoms. The molecule has 112 valence electrons. The van der Waals surface area contributed by atoms with Gasteiger partial charge in [-0.3, -0.25) is 0 Å². The predicted molar refractivity (Wildman–Crippen MR) is 84.3 cm³/mol. The topological polar surface area (TPSA) is 12.0 Å². The van der Waals surface area contributed by atoms with E-state index in [2.05, 4.69) is 26.1 Å². The number of hydrogen-bond donors (Lipinski definition) is 1. The van der Waals surface area contributed by atoms with Crippen LogP contribution in [0.15, 0.2) is 0 Å². The predicted octanol–water partition coefficient (Wildman–Crippen LogP) is 5.01. The first-order chi connectivity index (χ1) is 9.15. The fourth-order valence-electron chi connectivity index (χ4n) is 4.10. The lowest BCUT2D eigenvalue weighted by Gasteiger charge is -2.32. The summed E-state index contributed by atoms with van der Waals surface area (Å²) >= 11 is 0. The third kappa shape index (κ3) is 5.10. The Morgan fingerprint density at radius 1 is 0.895 bits per heavy atom. The molecule has 0 aromatic rings. The Kier molecular flexibility index (Phi) is 6.19. The van der Waals surface area contributed by atoms with Crippen molar-refractivity contribution in [2.45, 2.75) is 84.6 Å². The molecule has 0 aromatic carbocycles. The molecule has 0 aliphatic heterocycles. The third-order valence-electron chi connectivity index (χ3n) is 5.84. The van der Waals surface area contributed by atoms with E-state index in [1.54, 1.807) is 0 Å². The first kappa shape index (κ1) is 15.4. The molecule has 2 rings (SSSR count). The Labute approximate surface area is 120 Å². The molecule has 2 fully saturated rings. The van der Waals surface area contributed by atoms with Crippen molar-refractivity contribution in [2.75, 3.05) is 6.54 Å². The van der Waals surface area contributed by atoms with Crippen LogP contribution in [0.5, 0.6) is 0 Å². The lowest BCUT2D eigenvalue weighted by atomic mass is 9.79. The van der Waals surface area contributed by atoms with Gasteiger partial charge in [-0.1, -0.05) is 46.5 Å². The van der Waals surface area contributed by atoms with Crippen LogP contribution in [-0.2, 0) is 0 Å². The molecular weight excluding hydrogens is 230 g/mol. The Balaban J connectivity index is 1.54. The van der Waals surface area contributed by atoms with Crippen molar-refractivity contribution >= 4 is 0 Å². The standard InChI is InChI=1S/C18H35N/c1-14(2)17-8-10-18(11-9-17)19-13-12-16-6-4-15(3)5-7-16/h14-19H,4-13H2,1-3H3. The zero-order chi connectivity index (χ0) is 13.7. The van der Waals surface area contributed by atoms with E-state index in [0.717, 1.165) is 29.7 Å². The van der Waals surface area contributed by atoms with E-state index in [-0.39, 0.29) is 0 Å². The molecular formula is C18H35N. The summed E-state index contributed by atoms with van der Waals surface area (Å²) in [4.78, 5) is 0. The van der Waals surface area contributed by atoms with Gasteiger partial charge in [-0.25, -0.2) is 0 Å². The summed E-state index contributed by atoms with van der Waals surface area (Å²) in [7, 11) is 0. The molecule has 0 amide bonds. The van der Waals surface area contributed by atoms with Crippen molar-refractivity contribution in [3.8, 4) is 0 Å². The Morgan fingerprint density at radius 2 is 1.53 bits per heavy atom. The van der Waals surface area contributed by atoms with Crippen LogP contribution in [0.2, 0.25) is 0 Å². The van der Waals surface area contributed by atoms with E-state index in [1.165, 1.54) is 64.3 Å². The fourth-order valence-corrected chi connectivity index (χ4v) is 4.10. The van der Waals surface area contributed by atoms with Gasteiger partial charge in [0, 0.05) is 6.04 Å². The summed E-state index contributed by atoms with van der Waals surface area (Å²) in [6.45, 7) is 8.47. The maximum absolute atomic E-state index is 3.84. The van der Waals surface area contributed by atoms with Gasteiger partial charge in [0.05, 0.1) is 0 Å². The average molecular weight is 265 g/mol. The van der Waals surface area contributed by atoms with Crippen LogP contribution in [0.3, 0.4) is 0 Å². The van der Waals surface area contributed by atoms with Gasteiger partial charge < -0.3 is 5.32 Å². The summed E-state index contributed by atoms with van der Waals surface area (Å²) in [5.41, 5.74) is 0. The number of hydrogen-bond acceptors (Lipinski definition) is 1. The zero-order valence-corrected chi connectivity index (χ0v) is 13.5. The molecule has 0 atom stereocenters. The fraction of sp³-hybridized carbons (Fsp3) is 1.00. The second-order valence-electron chi connectivity index (χ2n) is 7.72. The van der Waals surface area contributed by atoms with Crippen molar-refractivity contribution in [3.05, 3.63) is 0 Å². The molecule has 0 aromatic heterocycles. The molecule has 0 saturated heterocycles. The molecule has 2 aliphatic rings. The lowest BCUT2D eigenvalue weighted by molar-refractivity contribution is 0.229. The minimum Gasteiger partial charge on any atom is -0.314 e. The molecule has 1 N–H and O–H groups in total. The maximum Gasteiger partial charge on any atom is 0.00672 e. The minimum absolute atomic E-state index is 0.831. The molecule has 19 heavy (non-hydrogen) atoms. The summed E-state index contributed by atoms with van der Waals surface area (Å²) < 4.78 is 0.